The van der Waals surface area contributed by atoms with Crippen molar-refractivity contribution in [1.29, 1.82) is 0 Å². The molecule has 2 rings (SSSR count). The van der Waals surface area contributed by atoms with Crippen LogP contribution in [0.15, 0.2) is 18.3 Å². The molecule has 0 aromatic carbocycles. The topological polar surface area (TPSA) is 30.2 Å². The molecule has 0 aliphatic rings. The van der Waals surface area contributed by atoms with E-state index in [2.05, 4.69) is 32.7 Å². The third-order valence-electron chi connectivity index (χ3n) is 1.41. The predicted molar refractivity (Wildman–Crippen MR) is 50.4 cm³/mol. The second kappa shape index (κ2) is 2.44. The van der Waals surface area contributed by atoms with Gasteiger partial charge in [-0.05, 0) is 41.6 Å². The number of rotatable bonds is 0. The van der Waals surface area contributed by atoms with Gasteiger partial charge in [0.05, 0.1) is 11.9 Å². The van der Waals surface area contributed by atoms with Gasteiger partial charge in [-0.1, -0.05) is 0 Å². The lowest BCUT2D eigenvalue weighted by Crippen LogP contribution is -1.90. The monoisotopic (exact) mass is 259 g/mol. The Hall–Kier alpha value is -0.650. The van der Waals surface area contributed by atoms with E-state index in [4.69, 9.17) is 0 Å². The first kappa shape index (κ1) is 7.02. The molecular formula is C7H6IN3. The van der Waals surface area contributed by atoms with Gasteiger partial charge in [-0.3, -0.25) is 0 Å². The van der Waals surface area contributed by atoms with Crippen molar-refractivity contribution in [3.63, 3.8) is 0 Å². The smallest absolute Gasteiger partial charge is 0.153 e. The van der Waals surface area contributed by atoms with Crippen LogP contribution in [0.1, 0.15) is 5.69 Å². The Labute approximate surface area is 77.6 Å². The molecule has 2 aromatic rings. The highest BCUT2D eigenvalue weighted by atomic mass is 127. The van der Waals surface area contributed by atoms with E-state index in [0.717, 1.165) is 15.0 Å². The van der Waals surface area contributed by atoms with Crippen molar-refractivity contribution in [2.24, 2.45) is 0 Å². The summed E-state index contributed by atoms with van der Waals surface area (Å²) in [6.45, 7) is 1.96. The maximum Gasteiger partial charge on any atom is 0.153 e. The van der Waals surface area contributed by atoms with Crippen LogP contribution in [0, 0.1) is 10.6 Å². The number of hydrogen-bond donors (Lipinski definition) is 0. The Balaban J connectivity index is 2.82. The molecule has 56 valence electrons. The number of halogens is 1. The molecule has 0 spiro atoms. The maximum absolute atomic E-state index is 4.25. The zero-order valence-electron chi connectivity index (χ0n) is 5.95. The van der Waals surface area contributed by atoms with E-state index in [-0.39, 0.29) is 0 Å². The zero-order valence-corrected chi connectivity index (χ0v) is 8.11. The molecule has 0 saturated carbocycles. The average Bonchev–Trinajstić information content (AvgIpc) is 2.27. The fraction of sp³-hybridized carbons (Fsp3) is 0.143. The van der Waals surface area contributed by atoms with Crippen molar-refractivity contribution in [3.05, 3.63) is 27.7 Å². The lowest BCUT2D eigenvalue weighted by Gasteiger charge is -1.90. The van der Waals surface area contributed by atoms with Crippen LogP contribution in [0.5, 0.6) is 0 Å². The van der Waals surface area contributed by atoms with Crippen molar-refractivity contribution in [2.75, 3.05) is 0 Å². The normalized spacial score (nSPS) is 10.7. The van der Waals surface area contributed by atoms with E-state index >= 15 is 0 Å². The highest BCUT2D eigenvalue weighted by molar-refractivity contribution is 14.1. The second-order valence-electron chi connectivity index (χ2n) is 2.34. The van der Waals surface area contributed by atoms with Crippen LogP contribution in [0.25, 0.3) is 5.65 Å². The molecule has 0 fully saturated rings. The summed E-state index contributed by atoms with van der Waals surface area (Å²) >= 11 is 2.18. The SMILES string of the molecule is Cc1cn2nc(I)ccc2n1. The van der Waals surface area contributed by atoms with Crippen molar-refractivity contribution >= 4 is 28.2 Å². The fourth-order valence-corrected chi connectivity index (χ4v) is 1.39. The summed E-state index contributed by atoms with van der Waals surface area (Å²) in [4.78, 5) is 4.25. The second-order valence-corrected chi connectivity index (χ2v) is 3.45. The van der Waals surface area contributed by atoms with Crippen LogP contribution in [-0.2, 0) is 0 Å². The molecule has 0 unspecified atom stereocenters. The molecule has 0 aliphatic carbocycles. The van der Waals surface area contributed by atoms with E-state index in [9.17, 15) is 0 Å². The molecule has 2 aromatic heterocycles. The minimum Gasteiger partial charge on any atom is -0.232 e. The van der Waals surface area contributed by atoms with Crippen molar-refractivity contribution in [1.82, 2.24) is 14.6 Å². The molecule has 0 bridgehead atoms. The summed E-state index contributed by atoms with van der Waals surface area (Å²) in [6, 6.07) is 3.91. The number of aryl methyl sites for hydroxylation is 1. The molecular weight excluding hydrogens is 253 g/mol. The number of imidazole rings is 1. The molecule has 4 heteroatoms. The number of fused-ring (bicyclic) bond motifs is 1. The molecule has 3 nitrogen and oxygen atoms in total. The van der Waals surface area contributed by atoms with Crippen LogP contribution in [-0.4, -0.2) is 14.6 Å². The summed E-state index contributed by atoms with van der Waals surface area (Å²) in [5.41, 5.74) is 1.91. The first-order valence-electron chi connectivity index (χ1n) is 3.24. The Morgan fingerprint density at radius 2 is 2.27 bits per heavy atom. The van der Waals surface area contributed by atoms with Crippen molar-refractivity contribution < 1.29 is 0 Å². The number of aromatic nitrogens is 3. The molecule has 11 heavy (non-hydrogen) atoms. The summed E-state index contributed by atoms with van der Waals surface area (Å²) in [7, 11) is 0. The van der Waals surface area contributed by atoms with E-state index in [1.807, 2.05) is 25.3 Å². The first-order valence-corrected chi connectivity index (χ1v) is 4.32. The summed E-state index contributed by atoms with van der Waals surface area (Å²) in [5.74, 6) is 0. The van der Waals surface area contributed by atoms with E-state index in [1.54, 1.807) is 4.52 Å². The van der Waals surface area contributed by atoms with Crippen LogP contribution in [0.2, 0.25) is 0 Å². The Morgan fingerprint density at radius 1 is 1.45 bits per heavy atom. The van der Waals surface area contributed by atoms with Gasteiger partial charge in [0.1, 0.15) is 3.70 Å². The molecule has 0 saturated heterocycles. The molecule has 0 amide bonds. The van der Waals surface area contributed by atoms with Gasteiger partial charge >= 0.3 is 0 Å². The van der Waals surface area contributed by atoms with Gasteiger partial charge in [-0.15, -0.1) is 0 Å². The Bertz CT molecular complexity index is 393. The summed E-state index contributed by atoms with van der Waals surface area (Å²) < 4.78 is 2.77. The van der Waals surface area contributed by atoms with E-state index < -0.39 is 0 Å². The molecule has 0 aliphatic heterocycles. The molecule has 0 radical (unpaired) electrons. The maximum atomic E-state index is 4.25. The quantitative estimate of drug-likeness (QED) is 0.673. The van der Waals surface area contributed by atoms with Crippen molar-refractivity contribution in [2.45, 2.75) is 6.92 Å². The standard InChI is InChI=1S/C7H6IN3/c1-5-4-11-7(9-5)3-2-6(8)10-11/h2-4H,1H3. The lowest BCUT2D eigenvalue weighted by molar-refractivity contribution is 0.913. The van der Waals surface area contributed by atoms with Gasteiger partial charge in [-0.2, -0.15) is 5.10 Å². The minimum atomic E-state index is 0.905. The highest BCUT2D eigenvalue weighted by Gasteiger charge is 1.97. The molecule has 0 atom stereocenters. The fourth-order valence-electron chi connectivity index (χ4n) is 0.977. The van der Waals surface area contributed by atoms with Gasteiger partial charge in [-0.25, -0.2) is 9.50 Å². The van der Waals surface area contributed by atoms with Gasteiger partial charge < -0.3 is 0 Å². The van der Waals surface area contributed by atoms with Gasteiger partial charge in [0.2, 0.25) is 0 Å². The van der Waals surface area contributed by atoms with Crippen LogP contribution < -0.4 is 0 Å². The largest absolute Gasteiger partial charge is 0.232 e. The number of hydrogen-bond acceptors (Lipinski definition) is 2. The van der Waals surface area contributed by atoms with Gasteiger partial charge in [0.15, 0.2) is 5.65 Å². The predicted octanol–water partition coefficient (Wildman–Crippen LogP) is 1.64. The lowest BCUT2D eigenvalue weighted by atomic mass is 10.6. The molecule has 0 N–H and O–H groups in total. The molecule has 2 heterocycles. The Kier molecular flexibility index (Phi) is 1.56. The average molecular weight is 259 g/mol. The minimum absolute atomic E-state index is 0.905. The first-order chi connectivity index (χ1) is 5.25. The summed E-state index contributed by atoms with van der Waals surface area (Å²) in [5, 5.41) is 4.24. The highest BCUT2D eigenvalue weighted by Crippen LogP contribution is 2.04. The van der Waals surface area contributed by atoms with Crippen LogP contribution in [0.4, 0.5) is 0 Å². The van der Waals surface area contributed by atoms with Crippen molar-refractivity contribution in [3.8, 4) is 0 Å². The van der Waals surface area contributed by atoms with Gasteiger partial charge in [0.25, 0.3) is 0 Å². The van der Waals surface area contributed by atoms with Gasteiger partial charge in [0, 0.05) is 0 Å². The van der Waals surface area contributed by atoms with Crippen LogP contribution in [0.3, 0.4) is 0 Å². The van der Waals surface area contributed by atoms with E-state index in [0.29, 0.717) is 0 Å². The Morgan fingerprint density at radius 3 is 3.09 bits per heavy atom. The third-order valence-corrected chi connectivity index (χ3v) is 1.98. The van der Waals surface area contributed by atoms with Crippen LogP contribution >= 0.6 is 22.6 Å². The number of nitrogens with zero attached hydrogens (tertiary/aromatic N) is 3. The summed E-state index contributed by atoms with van der Waals surface area (Å²) in [6.07, 6.45) is 1.91. The zero-order chi connectivity index (χ0) is 7.84. The third kappa shape index (κ3) is 1.22. The van der Waals surface area contributed by atoms with E-state index in [1.165, 1.54) is 0 Å².